The first-order chi connectivity index (χ1) is 9.54. The molecule has 1 heterocycles. The summed E-state index contributed by atoms with van der Waals surface area (Å²) in [6.07, 6.45) is 2.49. The van der Waals surface area contributed by atoms with Crippen LogP contribution in [0.4, 0.5) is 0 Å². The number of thioether (sulfide) groups is 1. The zero-order valence-electron chi connectivity index (χ0n) is 12.1. The summed E-state index contributed by atoms with van der Waals surface area (Å²) in [5.74, 6) is 0.176. The van der Waals surface area contributed by atoms with Crippen molar-refractivity contribution >= 4 is 17.7 Å². The molecule has 0 unspecified atom stereocenters. The number of nitrogens with one attached hydrogen (secondary N) is 1. The van der Waals surface area contributed by atoms with Crippen LogP contribution in [0.25, 0.3) is 0 Å². The minimum Gasteiger partial charge on any atom is -0.385 e. The van der Waals surface area contributed by atoms with Crippen molar-refractivity contribution in [1.29, 1.82) is 0 Å². The van der Waals surface area contributed by atoms with Gasteiger partial charge in [-0.15, -0.1) is 0 Å². The quantitative estimate of drug-likeness (QED) is 0.441. The van der Waals surface area contributed by atoms with Gasteiger partial charge >= 0.3 is 0 Å². The van der Waals surface area contributed by atoms with E-state index in [1.54, 1.807) is 13.3 Å². The van der Waals surface area contributed by atoms with Crippen molar-refractivity contribution in [2.45, 2.75) is 31.5 Å². The number of carbonyl (C=O) groups is 1. The zero-order valence-corrected chi connectivity index (χ0v) is 12.9. The number of methoxy groups -OCH3 is 1. The van der Waals surface area contributed by atoms with E-state index in [-0.39, 0.29) is 23.3 Å². The van der Waals surface area contributed by atoms with Gasteiger partial charge in [-0.3, -0.25) is 9.59 Å². The SMILES string of the molecule is COCCCNC(=O)CSc1nc(=O)ccn1C(C)C. The van der Waals surface area contributed by atoms with Crippen LogP contribution >= 0.6 is 11.8 Å². The Morgan fingerprint density at radius 3 is 2.95 bits per heavy atom. The molecule has 1 aromatic heterocycles. The van der Waals surface area contributed by atoms with Gasteiger partial charge in [-0.2, -0.15) is 4.98 Å². The van der Waals surface area contributed by atoms with Gasteiger partial charge in [0.2, 0.25) is 5.91 Å². The van der Waals surface area contributed by atoms with Crippen molar-refractivity contribution in [3.8, 4) is 0 Å². The summed E-state index contributed by atoms with van der Waals surface area (Å²) in [5, 5.41) is 3.37. The van der Waals surface area contributed by atoms with Crippen LogP contribution in [0, 0.1) is 0 Å². The molecule has 0 aliphatic rings. The molecule has 0 bridgehead atoms. The molecule has 0 saturated carbocycles. The highest BCUT2D eigenvalue weighted by atomic mass is 32.2. The topological polar surface area (TPSA) is 73.2 Å². The third kappa shape index (κ3) is 5.75. The average Bonchev–Trinajstić information content (AvgIpc) is 2.41. The molecular formula is C13H21N3O3S. The first kappa shape index (κ1) is 16.7. The molecule has 6 nitrogen and oxygen atoms in total. The summed E-state index contributed by atoms with van der Waals surface area (Å²) in [6, 6.07) is 1.62. The maximum atomic E-state index is 11.7. The van der Waals surface area contributed by atoms with Gasteiger partial charge in [0.15, 0.2) is 5.16 Å². The zero-order chi connectivity index (χ0) is 15.0. The predicted molar refractivity (Wildman–Crippen MR) is 79.1 cm³/mol. The van der Waals surface area contributed by atoms with Crippen molar-refractivity contribution in [2.24, 2.45) is 0 Å². The van der Waals surface area contributed by atoms with Crippen molar-refractivity contribution in [2.75, 3.05) is 26.0 Å². The number of ether oxygens (including phenoxy) is 1. The lowest BCUT2D eigenvalue weighted by molar-refractivity contribution is -0.118. The van der Waals surface area contributed by atoms with E-state index in [0.29, 0.717) is 18.3 Å². The number of nitrogens with zero attached hydrogens (tertiary/aromatic N) is 2. The van der Waals surface area contributed by atoms with Crippen LogP contribution in [-0.4, -0.2) is 41.5 Å². The standard InChI is InChI=1S/C13H21N3O3S/c1-10(2)16-7-5-11(17)15-13(16)20-9-12(18)14-6-4-8-19-3/h5,7,10H,4,6,8-9H2,1-3H3,(H,14,18). The Kier molecular flexibility index (Phi) is 7.32. The van der Waals surface area contributed by atoms with Crippen LogP contribution in [0.1, 0.15) is 26.3 Å². The molecule has 0 saturated heterocycles. The summed E-state index contributed by atoms with van der Waals surface area (Å²) in [5.41, 5.74) is -0.287. The molecule has 1 amide bonds. The summed E-state index contributed by atoms with van der Waals surface area (Å²) in [7, 11) is 1.63. The maximum Gasteiger partial charge on any atom is 0.273 e. The predicted octanol–water partition coefficient (Wildman–Crippen LogP) is 1.07. The fraction of sp³-hybridized carbons (Fsp3) is 0.615. The highest BCUT2D eigenvalue weighted by molar-refractivity contribution is 7.99. The van der Waals surface area contributed by atoms with Gasteiger partial charge in [-0.05, 0) is 20.3 Å². The highest BCUT2D eigenvalue weighted by Gasteiger charge is 2.09. The number of carbonyl (C=O) groups excluding carboxylic acids is 1. The second-order valence-electron chi connectivity index (χ2n) is 4.53. The van der Waals surface area contributed by atoms with E-state index in [4.69, 9.17) is 4.74 Å². The number of hydrogen-bond donors (Lipinski definition) is 1. The van der Waals surface area contributed by atoms with Crippen molar-refractivity contribution in [1.82, 2.24) is 14.9 Å². The second kappa shape index (κ2) is 8.76. The van der Waals surface area contributed by atoms with Gasteiger partial charge in [0.05, 0.1) is 5.75 Å². The van der Waals surface area contributed by atoms with E-state index in [9.17, 15) is 9.59 Å². The fourth-order valence-corrected chi connectivity index (χ4v) is 2.46. The minimum atomic E-state index is -0.287. The van der Waals surface area contributed by atoms with Crippen LogP contribution in [0.2, 0.25) is 0 Å². The molecular weight excluding hydrogens is 278 g/mol. The minimum absolute atomic E-state index is 0.0699. The van der Waals surface area contributed by atoms with Gasteiger partial charge < -0.3 is 14.6 Å². The first-order valence-electron chi connectivity index (χ1n) is 6.52. The Labute approximate surface area is 122 Å². The second-order valence-corrected chi connectivity index (χ2v) is 5.48. The Morgan fingerprint density at radius 1 is 1.55 bits per heavy atom. The van der Waals surface area contributed by atoms with Crippen molar-refractivity contribution in [3.05, 3.63) is 22.6 Å². The van der Waals surface area contributed by atoms with Crippen LogP contribution in [-0.2, 0) is 9.53 Å². The van der Waals surface area contributed by atoms with E-state index in [1.165, 1.54) is 17.8 Å². The molecule has 0 aliphatic heterocycles. The van der Waals surface area contributed by atoms with Crippen LogP contribution in [0.5, 0.6) is 0 Å². The number of amides is 1. The average molecular weight is 299 g/mol. The van der Waals surface area contributed by atoms with E-state index in [2.05, 4.69) is 10.3 Å². The lowest BCUT2D eigenvalue weighted by Crippen LogP contribution is -2.27. The molecule has 20 heavy (non-hydrogen) atoms. The van der Waals surface area contributed by atoms with E-state index >= 15 is 0 Å². The molecule has 0 aromatic carbocycles. The van der Waals surface area contributed by atoms with Crippen LogP contribution in [0.15, 0.2) is 22.2 Å². The molecule has 7 heteroatoms. The molecule has 112 valence electrons. The lowest BCUT2D eigenvalue weighted by atomic mass is 10.4. The third-order valence-corrected chi connectivity index (χ3v) is 3.51. The van der Waals surface area contributed by atoms with Crippen molar-refractivity contribution in [3.63, 3.8) is 0 Å². The number of hydrogen-bond acceptors (Lipinski definition) is 5. The van der Waals surface area contributed by atoms with E-state index in [0.717, 1.165) is 6.42 Å². The summed E-state index contributed by atoms with van der Waals surface area (Å²) < 4.78 is 6.78. The lowest BCUT2D eigenvalue weighted by Gasteiger charge is -2.14. The number of aromatic nitrogens is 2. The third-order valence-electron chi connectivity index (χ3n) is 2.54. The largest absolute Gasteiger partial charge is 0.385 e. The van der Waals surface area contributed by atoms with Crippen LogP contribution in [0.3, 0.4) is 0 Å². The highest BCUT2D eigenvalue weighted by Crippen LogP contribution is 2.17. The normalized spacial score (nSPS) is 10.8. The van der Waals surface area contributed by atoms with Gasteiger partial charge in [0, 0.05) is 38.6 Å². The summed E-state index contributed by atoms with van der Waals surface area (Å²) >= 11 is 1.27. The summed E-state index contributed by atoms with van der Waals surface area (Å²) in [6.45, 7) is 5.22. The Balaban J connectivity index is 2.50. The molecule has 1 N–H and O–H groups in total. The molecule has 0 atom stereocenters. The Morgan fingerprint density at radius 2 is 2.30 bits per heavy atom. The molecule has 0 aliphatic carbocycles. The molecule has 0 fully saturated rings. The summed E-state index contributed by atoms with van der Waals surface area (Å²) in [4.78, 5) is 26.9. The molecule has 1 aromatic rings. The molecule has 0 spiro atoms. The Hall–Kier alpha value is -1.34. The monoisotopic (exact) mass is 299 g/mol. The molecule has 0 radical (unpaired) electrons. The van der Waals surface area contributed by atoms with E-state index < -0.39 is 0 Å². The smallest absolute Gasteiger partial charge is 0.273 e. The van der Waals surface area contributed by atoms with Gasteiger partial charge in [0.25, 0.3) is 5.56 Å². The van der Waals surface area contributed by atoms with Crippen molar-refractivity contribution < 1.29 is 9.53 Å². The van der Waals surface area contributed by atoms with Gasteiger partial charge in [-0.1, -0.05) is 11.8 Å². The van der Waals surface area contributed by atoms with E-state index in [1.807, 2.05) is 18.4 Å². The van der Waals surface area contributed by atoms with Gasteiger partial charge in [-0.25, -0.2) is 0 Å². The fourth-order valence-electron chi connectivity index (χ4n) is 1.52. The Bertz CT molecular complexity index is 488. The van der Waals surface area contributed by atoms with Gasteiger partial charge in [0.1, 0.15) is 0 Å². The molecule has 1 rings (SSSR count). The first-order valence-corrected chi connectivity index (χ1v) is 7.50. The number of rotatable bonds is 8. The maximum absolute atomic E-state index is 11.7. The van der Waals surface area contributed by atoms with Crippen LogP contribution < -0.4 is 10.9 Å².